The van der Waals surface area contributed by atoms with E-state index in [-0.39, 0.29) is 6.29 Å². The number of hydrogen-bond acceptors (Lipinski definition) is 3. The molecule has 0 spiro atoms. The van der Waals surface area contributed by atoms with Crippen LogP contribution >= 0.6 is 0 Å². The Hall–Kier alpha value is -0.380. The van der Waals surface area contributed by atoms with E-state index < -0.39 is 0 Å². The van der Waals surface area contributed by atoms with E-state index in [1.807, 2.05) is 0 Å². The highest BCUT2D eigenvalue weighted by atomic mass is 16.7. The van der Waals surface area contributed by atoms with Gasteiger partial charge in [0, 0.05) is 13.2 Å². The van der Waals surface area contributed by atoms with Crippen LogP contribution < -0.4 is 0 Å². The minimum atomic E-state index is 0.0457. The summed E-state index contributed by atoms with van der Waals surface area (Å²) in [6, 6.07) is 0. The highest BCUT2D eigenvalue weighted by Gasteiger charge is 2.58. The number of aliphatic hydroxyl groups excluding tert-OH is 1. The van der Waals surface area contributed by atoms with Gasteiger partial charge in [0.05, 0.1) is 6.10 Å². The Morgan fingerprint density at radius 3 is 2.75 bits per heavy atom. The summed E-state index contributed by atoms with van der Waals surface area (Å²) >= 11 is 0. The Morgan fingerprint density at radius 2 is 1.96 bits per heavy atom. The van der Waals surface area contributed by atoms with Gasteiger partial charge in [-0.2, -0.15) is 0 Å². The van der Waals surface area contributed by atoms with Crippen LogP contribution in [0.4, 0.5) is 0 Å². The van der Waals surface area contributed by atoms with Gasteiger partial charge in [-0.05, 0) is 105 Å². The van der Waals surface area contributed by atoms with Crippen LogP contribution in [-0.4, -0.2) is 30.7 Å². The summed E-state index contributed by atoms with van der Waals surface area (Å²) in [5.74, 6) is 3.04. The Kier molecular flexibility index (Phi) is 5.17. The first-order chi connectivity index (χ1) is 13.5. The van der Waals surface area contributed by atoms with Gasteiger partial charge in [-0.15, -0.1) is 0 Å². The molecule has 1 N–H and O–H groups in total. The number of aliphatic hydroxyl groups is 1. The molecule has 5 rings (SSSR count). The van der Waals surface area contributed by atoms with Crippen LogP contribution in [0.2, 0.25) is 0 Å². The molecule has 1 heterocycles. The molecule has 3 heteroatoms. The van der Waals surface area contributed by atoms with Crippen molar-refractivity contribution in [2.75, 3.05) is 13.2 Å². The van der Waals surface area contributed by atoms with Gasteiger partial charge in [-0.3, -0.25) is 0 Å². The molecule has 0 aromatic carbocycles. The normalized spacial score (nSPS) is 51.0. The highest BCUT2D eigenvalue weighted by molar-refractivity contribution is 5.25. The Morgan fingerprint density at radius 1 is 1.07 bits per heavy atom. The second kappa shape index (κ2) is 7.39. The van der Waals surface area contributed by atoms with Gasteiger partial charge in [-0.25, -0.2) is 0 Å². The van der Waals surface area contributed by atoms with Crippen molar-refractivity contribution in [3.63, 3.8) is 0 Å². The molecular formula is C25H40O3. The molecule has 1 saturated heterocycles. The lowest BCUT2D eigenvalue weighted by molar-refractivity contribution is -0.195. The molecule has 0 aromatic rings. The molecule has 0 unspecified atom stereocenters. The average Bonchev–Trinajstić information content (AvgIpc) is 3.05. The van der Waals surface area contributed by atoms with E-state index in [9.17, 15) is 5.11 Å². The molecular weight excluding hydrogens is 348 g/mol. The number of hydrogen-bond donors (Lipinski definition) is 1. The van der Waals surface area contributed by atoms with E-state index in [1.165, 1.54) is 57.8 Å². The second-order valence-corrected chi connectivity index (χ2v) is 11.1. The van der Waals surface area contributed by atoms with Gasteiger partial charge in [-0.1, -0.05) is 25.5 Å². The molecule has 8 atom stereocenters. The van der Waals surface area contributed by atoms with Crippen molar-refractivity contribution in [1.29, 1.82) is 0 Å². The van der Waals surface area contributed by atoms with Crippen LogP contribution in [0, 0.1) is 34.5 Å². The summed E-state index contributed by atoms with van der Waals surface area (Å²) < 4.78 is 12.2. The first kappa shape index (κ1) is 19.6. The van der Waals surface area contributed by atoms with Crippen LogP contribution in [0.5, 0.6) is 0 Å². The van der Waals surface area contributed by atoms with E-state index in [0.29, 0.717) is 29.5 Å². The third-order valence-corrected chi connectivity index (χ3v) is 9.96. The topological polar surface area (TPSA) is 38.7 Å². The minimum absolute atomic E-state index is 0.0457. The molecule has 4 fully saturated rings. The lowest BCUT2D eigenvalue weighted by Gasteiger charge is -2.58. The first-order valence-corrected chi connectivity index (χ1v) is 12.1. The van der Waals surface area contributed by atoms with E-state index in [4.69, 9.17) is 9.47 Å². The maximum absolute atomic E-state index is 9.93. The van der Waals surface area contributed by atoms with E-state index in [0.717, 1.165) is 37.2 Å². The molecule has 3 nitrogen and oxygen atoms in total. The van der Waals surface area contributed by atoms with Gasteiger partial charge in [0.15, 0.2) is 6.29 Å². The van der Waals surface area contributed by atoms with E-state index in [1.54, 1.807) is 5.57 Å². The lowest BCUT2D eigenvalue weighted by Crippen LogP contribution is -2.51. The number of ether oxygens (including phenoxy) is 2. The summed E-state index contributed by atoms with van der Waals surface area (Å²) in [5.41, 5.74) is 2.46. The summed E-state index contributed by atoms with van der Waals surface area (Å²) in [5, 5.41) is 9.93. The largest absolute Gasteiger partial charge is 0.396 e. The quantitative estimate of drug-likeness (QED) is 0.652. The van der Waals surface area contributed by atoms with Crippen molar-refractivity contribution in [3.05, 3.63) is 11.6 Å². The summed E-state index contributed by atoms with van der Waals surface area (Å²) in [6.07, 6.45) is 16.7. The fourth-order valence-corrected chi connectivity index (χ4v) is 8.19. The second-order valence-electron chi connectivity index (χ2n) is 11.1. The van der Waals surface area contributed by atoms with Crippen LogP contribution in [0.1, 0.15) is 84.5 Å². The molecule has 0 amide bonds. The first-order valence-electron chi connectivity index (χ1n) is 12.1. The molecule has 0 bridgehead atoms. The SMILES string of the molecule is C[C@@]12CC[C@@H]3[C@H](CC=C4C[C@@H](O[C@H]5CCCCO5)CC[C@@]43C)[C@H]1CC[C@H]2CO. The molecule has 0 radical (unpaired) electrons. The fourth-order valence-electron chi connectivity index (χ4n) is 8.19. The van der Waals surface area contributed by atoms with Crippen molar-refractivity contribution in [1.82, 2.24) is 0 Å². The zero-order valence-electron chi connectivity index (χ0n) is 18.0. The third kappa shape index (κ3) is 3.03. The van der Waals surface area contributed by atoms with E-state index in [2.05, 4.69) is 19.9 Å². The predicted molar refractivity (Wildman–Crippen MR) is 111 cm³/mol. The van der Waals surface area contributed by atoms with Gasteiger partial charge in [0.1, 0.15) is 0 Å². The third-order valence-electron chi connectivity index (χ3n) is 9.96. The van der Waals surface area contributed by atoms with Gasteiger partial charge < -0.3 is 14.6 Å². The fraction of sp³-hybridized carbons (Fsp3) is 0.920. The Bertz CT molecular complexity index is 609. The molecule has 28 heavy (non-hydrogen) atoms. The molecule has 3 saturated carbocycles. The zero-order chi connectivity index (χ0) is 19.4. The maximum Gasteiger partial charge on any atom is 0.157 e. The number of allylic oxidation sites excluding steroid dienone is 1. The Labute approximate surface area is 171 Å². The number of fused-ring (bicyclic) bond motifs is 5. The van der Waals surface area contributed by atoms with E-state index >= 15 is 0 Å². The van der Waals surface area contributed by atoms with Crippen molar-refractivity contribution < 1.29 is 14.6 Å². The minimum Gasteiger partial charge on any atom is -0.396 e. The average molecular weight is 389 g/mol. The summed E-state index contributed by atoms with van der Waals surface area (Å²) in [4.78, 5) is 0. The van der Waals surface area contributed by atoms with Gasteiger partial charge in [0.2, 0.25) is 0 Å². The maximum atomic E-state index is 9.93. The molecule has 1 aliphatic heterocycles. The zero-order valence-corrected chi connectivity index (χ0v) is 18.0. The van der Waals surface area contributed by atoms with Crippen LogP contribution in [0.3, 0.4) is 0 Å². The smallest absolute Gasteiger partial charge is 0.157 e. The molecule has 4 aliphatic carbocycles. The van der Waals surface area contributed by atoms with Crippen LogP contribution in [0.15, 0.2) is 11.6 Å². The van der Waals surface area contributed by atoms with Crippen LogP contribution in [0.25, 0.3) is 0 Å². The summed E-state index contributed by atoms with van der Waals surface area (Å²) in [7, 11) is 0. The van der Waals surface area contributed by atoms with Gasteiger partial charge >= 0.3 is 0 Å². The predicted octanol–water partition coefficient (Wildman–Crippen LogP) is 5.47. The van der Waals surface area contributed by atoms with Crippen molar-refractivity contribution in [3.8, 4) is 0 Å². The number of rotatable bonds is 3. The lowest BCUT2D eigenvalue weighted by atomic mass is 9.47. The van der Waals surface area contributed by atoms with Crippen LogP contribution in [-0.2, 0) is 9.47 Å². The van der Waals surface area contributed by atoms with Crippen molar-refractivity contribution in [2.45, 2.75) is 96.9 Å². The molecule has 0 aromatic heterocycles. The Balaban J connectivity index is 1.31. The molecule has 158 valence electrons. The monoisotopic (exact) mass is 388 g/mol. The summed E-state index contributed by atoms with van der Waals surface area (Å²) in [6.45, 7) is 6.34. The highest BCUT2D eigenvalue weighted by Crippen LogP contribution is 2.66. The van der Waals surface area contributed by atoms with Crippen molar-refractivity contribution >= 4 is 0 Å². The van der Waals surface area contributed by atoms with Crippen molar-refractivity contribution in [2.24, 2.45) is 34.5 Å². The van der Waals surface area contributed by atoms with Gasteiger partial charge in [0.25, 0.3) is 0 Å². The molecule has 5 aliphatic rings. The standard InChI is InChI=1S/C25H40O3/c1-24-12-10-19(28-23-5-3-4-14-27-23)15-17(24)6-8-20-21-9-7-18(16-26)25(21,2)13-11-22(20)24/h6,18-23,26H,3-5,7-16H2,1-2H3/t18-,19-,20+,21+,22+,23-,24-,25-/m0/s1.